The molecule has 0 aliphatic carbocycles. The molecule has 3 amide bonds. The van der Waals surface area contributed by atoms with E-state index in [2.05, 4.69) is 21.2 Å². The van der Waals surface area contributed by atoms with Crippen LogP contribution in [0.4, 0.5) is 5.69 Å². The second-order valence-corrected chi connectivity index (χ2v) is 8.45. The molecule has 0 unspecified atom stereocenters. The van der Waals surface area contributed by atoms with Gasteiger partial charge in [0.25, 0.3) is 5.91 Å². The largest absolute Gasteiger partial charge is 0.484 e. The minimum absolute atomic E-state index is 0.129. The molecule has 0 saturated carbocycles. The van der Waals surface area contributed by atoms with E-state index in [1.807, 2.05) is 0 Å². The highest BCUT2D eigenvalue weighted by molar-refractivity contribution is 6.36. The van der Waals surface area contributed by atoms with Crippen LogP contribution >= 0.6 is 23.2 Å². The van der Waals surface area contributed by atoms with Gasteiger partial charge in [0.15, 0.2) is 18.1 Å². The SMILES string of the molecule is O=C(COc1cccc(/C=N\NC(=O)C(=O)NCc2ccc3c(c2)OCO3)c1)Nc1ccc(Cl)cc1Cl. The van der Waals surface area contributed by atoms with Crippen LogP contribution < -0.4 is 30.3 Å². The van der Waals surface area contributed by atoms with Gasteiger partial charge in [-0.3, -0.25) is 14.4 Å². The Labute approximate surface area is 221 Å². The number of hydrogen-bond acceptors (Lipinski definition) is 7. The lowest BCUT2D eigenvalue weighted by Crippen LogP contribution is -2.37. The molecule has 0 fully saturated rings. The topological polar surface area (TPSA) is 127 Å². The minimum Gasteiger partial charge on any atom is -0.484 e. The fraction of sp³-hybridized carbons (Fsp3) is 0.120. The number of nitrogens with zero attached hydrogens (tertiary/aromatic N) is 1. The zero-order chi connectivity index (χ0) is 26.2. The Morgan fingerprint density at radius 3 is 2.65 bits per heavy atom. The number of anilines is 1. The summed E-state index contributed by atoms with van der Waals surface area (Å²) in [5.41, 5.74) is 3.89. The number of ether oxygens (including phenoxy) is 3. The van der Waals surface area contributed by atoms with E-state index in [4.69, 9.17) is 37.4 Å². The zero-order valence-electron chi connectivity index (χ0n) is 19.1. The summed E-state index contributed by atoms with van der Waals surface area (Å²) in [7, 11) is 0. The maximum absolute atomic E-state index is 12.2. The lowest BCUT2D eigenvalue weighted by Gasteiger charge is -2.09. The van der Waals surface area contributed by atoms with Crippen LogP contribution in [0.1, 0.15) is 11.1 Å². The highest BCUT2D eigenvalue weighted by atomic mass is 35.5. The first-order valence-corrected chi connectivity index (χ1v) is 11.6. The molecule has 3 aromatic carbocycles. The van der Waals surface area contributed by atoms with Gasteiger partial charge in [0.05, 0.1) is 16.9 Å². The number of carbonyl (C=O) groups excluding carboxylic acids is 3. The zero-order valence-corrected chi connectivity index (χ0v) is 20.6. The predicted octanol–water partition coefficient (Wildman–Crippen LogP) is 3.51. The van der Waals surface area contributed by atoms with Gasteiger partial charge in [0.2, 0.25) is 6.79 Å². The standard InChI is InChI=1S/C25H20Cl2N4O6/c26-17-5-6-20(19(27)10-17)30-23(32)13-35-18-3-1-2-15(8-18)12-29-31-25(34)24(33)28-11-16-4-7-21-22(9-16)37-14-36-21/h1-10,12H,11,13-14H2,(H,28,33)(H,30,32)(H,31,34)/b29-12-. The number of amides is 3. The third kappa shape index (κ3) is 7.35. The summed E-state index contributed by atoms with van der Waals surface area (Å²) in [4.78, 5) is 36.2. The van der Waals surface area contributed by atoms with Crippen LogP contribution in [0.3, 0.4) is 0 Å². The van der Waals surface area contributed by atoms with Crippen molar-refractivity contribution in [3.63, 3.8) is 0 Å². The Morgan fingerprint density at radius 1 is 0.973 bits per heavy atom. The lowest BCUT2D eigenvalue weighted by molar-refractivity contribution is -0.139. The average Bonchev–Trinajstić information content (AvgIpc) is 3.36. The van der Waals surface area contributed by atoms with Crippen LogP contribution in [0.2, 0.25) is 10.0 Å². The monoisotopic (exact) mass is 542 g/mol. The molecular formula is C25H20Cl2N4O6. The Kier molecular flexibility index (Phi) is 8.44. The molecule has 1 aliphatic rings. The number of carbonyl (C=O) groups is 3. The van der Waals surface area contributed by atoms with Crippen LogP contribution in [-0.2, 0) is 20.9 Å². The average molecular weight is 543 g/mol. The molecule has 1 heterocycles. The van der Waals surface area contributed by atoms with Crippen LogP contribution in [0.15, 0.2) is 65.8 Å². The van der Waals surface area contributed by atoms with Crippen molar-refractivity contribution in [2.45, 2.75) is 6.54 Å². The summed E-state index contributed by atoms with van der Waals surface area (Å²) in [6, 6.07) is 16.6. The van der Waals surface area contributed by atoms with E-state index in [1.165, 1.54) is 12.3 Å². The number of nitrogens with one attached hydrogen (secondary N) is 3. The smallest absolute Gasteiger partial charge is 0.329 e. The fourth-order valence-corrected chi connectivity index (χ4v) is 3.60. The van der Waals surface area contributed by atoms with Crippen molar-refractivity contribution in [2.24, 2.45) is 5.10 Å². The van der Waals surface area contributed by atoms with Crippen LogP contribution in [0, 0.1) is 0 Å². The van der Waals surface area contributed by atoms with Gasteiger partial charge in [-0.1, -0.05) is 41.4 Å². The number of benzene rings is 3. The number of halogens is 2. The Morgan fingerprint density at radius 2 is 1.81 bits per heavy atom. The lowest BCUT2D eigenvalue weighted by atomic mass is 10.2. The molecule has 4 rings (SSSR count). The molecule has 0 radical (unpaired) electrons. The molecule has 3 aromatic rings. The molecule has 10 nitrogen and oxygen atoms in total. The van der Waals surface area contributed by atoms with Crippen molar-refractivity contribution in [1.82, 2.24) is 10.7 Å². The van der Waals surface area contributed by atoms with E-state index >= 15 is 0 Å². The maximum Gasteiger partial charge on any atom is 0.329 e. The third-order valence-corrected chi connectivity index (χ3v) is 5.46. The van der Waals surface area contributed by atoms with Gasteiger partial charge in [0, 0.05) is 11.6 Å². The van der Waals surface area contributed by atoms with Crippen molar-refractivity contribution in [3.8, 4) is 17.2 Å². The fourth-order valence-electron chi connectivity index (χ4n) is 3.14. The van der Waals surface area contributed by atoms with Crippen LogP contribution in [-0.4, -0.2) is 37.3 Å². The number of hydrogen-bond donors (Lipinski definition) is 3. The van der Waals surface area contributed by atoms with E-state index in [0.717, 1.165) is 5.56 Å². The Balaban J connectivity index is 1.22. The number of fused-ring (bicyclic) bond motifs is 1. The summed E-state index contributed by atoms with van der Waals surface area (Å²) in [5, 5.41) is 9.69. The molecule has 12 heteroatoms. The van der Waals surface area contributed by atoms with Crippen molar-refractivity contribution in [3.05, 3.63) is 81.8 Å². The van der Waals surface area contributed by atoms with Crippen LogP contribution in [0.5, 0.6) is 17.2 Å². The first-order chi connectivity index (χ1) is 17.9. The van der Waals surface area contributed by atoms with Crippen molar-refractivity contribution >= 4 is 52.8 Å². The molecule has 1 aliphatic heterocycles. The quantitative estimate of drug-likeness (QED) is 0.227. The molecule has 37 heavy (non-hydrogen) atoms. The maximum atomic E-state index is 12.2. The molecule has 3 N–H and O–H groups in total. The first kappa shape index (κ1) is 25.8. The van der Waals surface area contributed by atoms with E-state index < -0.39 is 17.7 Å². The van der Waals surface area contributed by atoms with Gasteiger partial charge in [-0.25, -0.2) is 5.43 Å². The van der Waals surface area contributed by atoms with Crippen LogP contribution in [0.25, 0.3) is 0 Å². The van der Waals surface area contributed by atoms with Gasteiger partial charge in [-0.05, 0) is 53.6 Å². The van der Waals surface area contributed by atoms with Crippen molar-refractivity contribution in [1.29, 1.82) is 0 Å². The van der Waals surface area contributed by atoms with E-state index in [-0.39, 0.29) is 19.9 Å². The number of rotatable bonds is 8. The third-order valence-electron chi connectivity index (χ3n) is 4.91. The van der Waals surface area contributed by atoms with Gasteiger partial charge in [-0.15, -0.1) is 0 Å². The van der Waals surface area contributed by atoms with Gasteiger partial charge in [0.1, 0.15) is 5.75 Å². The summed E-state index contributed by atoms with van der Waals surface area (Å²) in [6.45, 7) is 0.0131. The summed E-state index contributed by atoms with van der Waals surface area (Å²) in [5.74, 6) is -0.585. The van der Waals surface area contributed by atoms with Gasteiger partial charge < -0.3 is 24.8 Å². The molecule has 0 aromatic heterocycles. The molecule has 0 spiro atoms. The molecule has 0 bridgehead atoms. The summed E-state index contributed by atoms with van der Waals surface area (Å²) >= 11 is 11.9. The summed E-state index contributed by atoms with van der Waals surface area (Å²) < 4.78 is 16.0. The second kappa shape index (κ2) is 12.1. The Bertz CT molecular complexity index is 1360. The summed E-state index contributed by atoms with van der Waals surface area (Å²) in [6.07, 6.45) is 1.34. The van der Waals surface area contributed by atoms with Gasteiger partial charge in [-0.2, -0.15) is 5.10 Å². The van der Waals surface area contributed by atoms with E-state index in [0.29, 0.717) is 38.5 Å². The number of hydrazone groups is 1. The molecular weight excluding hydrogens is 523 g/mol. The van der Waals surface area contributed by atoms with Crippen molar-refractivity contribution in [2.75, 3.05) is 18.7 Å². The predicted molar refractivity (Wildman–Crippen MR) is 137 cm³/mol. The molecule has 0 atom stereocenters. The molecule has 0 saturated heterocycles. The highest BCUT2D eigenvalue weighted by Crippen LogP contribution is 2.32. The van der Waals surface area contributed by atoms with E-state index in [9.17, 15) is 14.4 Å². The van der Waals surface area contributed by atoms with Crippen molar-refractivity contribution < 1.29 is 28.6 Å². The Hall–Kier alpha value is -4.28. The second-order valence-electron chi connectivity index (χ2n) is 7.60. The highest BCUT2D eigenvalue weighted by Gasteiger charge is 2.15. The van der Waals surface area contributed by atoms with Gasteiger partial charge >= 0.3 is 11.8 Å². The first-order valence-electron chi connectivity index (χ1n) is 10.8. The minimum atomic E-state index is -0.929. The molecule has 190 valence electrons. The normalized spacial score (nSPS) is 11.7. The van der Waals surface area contributed by atoms with E-state index in [1.54, 1.807) is 54.6 Å².